The summed E-state index contributed by atoms with van der Waals surface area (Å²) in [4.78, 5) is 4.25. The van der Waals surface area contributed by atoms with E-state index in [-0.39, 0.29) is 0 Å². The van der Waals surface area contributed by atoms with E-state index in [0.717, 1.165) is 11.4 Å². The van der Waals surface area contributed by atoms with E-state index in [2.05, 4.69) is 24.9 Å². The Morgan fingerprint density at radius 2 is 2.33 bits per heavy atom. The minimum atomic E-state index is 0.394. The van der Waals surface area contributed by atoms with Crippen LogP contribution in [0.3, 0.4) is 0 Å². The first-order valence-electron chi connectivity index (χ1n) is 4.05. The molecule has 0 saturated carbocycles. The van der Waals surface area contributed by atoms with Gasteiger partial charge in [0.1, 0.15) is 6.54 Å². The third-order valence-electron chi connectivity index (χ3n) is 1.93. The second-order valence-corrected chi connectivity index (χ2v) is 3.16. The molecular weight excluding hydrogens is 150 g/mol. The fourth-order valence-electron chi connectivity index (χ4n) is 1.26. The van der Waals surface area contributed by atoms with Crippen molar-refractivity contribution in [3.8, 4) is 6.07 Å². The summed E-state index contributed by atoms with van der Waals surface area (Å²) < 4.78 is 1.87. The Hall–Kier alpha value is -1.30. The van der Waals surface area contributed by atoms with Crippen LogP contribution in [0.4, 0.5) is 0 Å². The van der Waals surface area contributed by atoms with Gasteiger partial charge in [0.05, 0.1) is 18.1 Å². The van der Waals surface area contributed by atoms with E-state index in [1.807, 2.05) is 11.5 Å². The molecular formula is C9H13N3. The number of nitrogens with zero attached hydrogens (tertiary/aromatic N) is 3. The summed E-state index contributed by atoms with van der Waals surface area (Å²) in [5.74, 6) is 0.435. The van der Waals surface area contributed by atoms with E-state index in [4.69, 9.17) is 5.26 Å². The molecule has 1 aromatic rings. The lowest BCUT2D eigenvalue weighted by molar-refractivity contribution is 0.778. The van der Waals surface area contributed by atoms with Crippen molar-refractivity contribution in [3.05, 3.63) is 17.7 Å². The topological polar surface area (TPSA) is 41.6 Å². The molecule has 64 valence electrons. The predicted octanol–water partition coefficient (Wildman–Crippen LogP) is 1.84. The van der Waals surface area contributed by atoms with E-state index in [9.17, 15) is 0 Å². The fraction of sp³-hybridized carbons (Fsp3) is 0.556. The van der Waals surface area contributed by atoms with Crippen molar-refractivity contribution in [1.82, 2.24) is 9.55 Å². The normalized spacial score (nSPS) is 10.2. The van der Waals surface area contributed by atoms with E-state index < -0.39 is 0 Å². The maximum Gasteiger partial charge on any atom is 0.111 e. The third kappa shape index (κ3) is 1.48. The lowest BCUT2D eigenvalue weighted by Gasteiger charge is -2.03. The number of rotatable bonds is 2. The van der Waals surface area contributed by atoms with E-state index in [0.29, 0.717) is 12.5 Å². The monoisotopic (exact) mass is 163 g/mol. The standard InChI is InChI=1S/C9H13N3/c1-7(2)9-8(3)12(5-4-10)6-11-9/h6-7H,5H2,1-3H3. The quantitative estimate of drug-likeness (QED) is 0.667. The molecule has 0 amide bonds. The lowest BCUT2D eigenvalue weighted by atomic mass is 10.1. The summed E-state index contributed by atoms with van der Waals surface area (Å²) in [7, 11) is 0. The summed E-state index contributed by atoms with van der Waals surface area (Å²) in [5.41, 5.74) is 2.19. The lowest BCUT2D eigenvalue weighted by Crippen LogP contribution is -1.98. The van der Waals surface area contributed by atoms with Crippen molar-refractivity contribution in [1.29, 1.82) is 5.26 Å². The van der Waals surface area contributed by atoms with Gasteiger partial charge in [-0.2, -0.15) is 5.26 Å². The highest BCUT2D eigenvalue weighted by molar-refractivity contribution is 5.15. The van der Waals surface area contributed by atoms with Crippen LogP contribution in [0.5, 0.6) is 0 Å². The van der Waals surface area contributed by atoms with Gasteiger partial charge < -0.3 is 4.57 Å². The van der Waals surface area contributed by atoms with Crippen LogP contribution in [0.2, 0.25) is 0 Å². The van der Waals surface area contributed by atoms with Crippen LogP contribution in [0.25, 0.3) is 0 Å². The molecule has 3 heteroatoms. The molecule has 0 aliphatic rings. The SMILES string of the molecule is Cc1c(C(C)C)ncn1CC#N. The van der Waals surface area contributed by atoms with Crippen molar-refractivity contribution in [2.45, 2.75) is 33.2 Å². The molecule has 0 spiro atoms. The molecule has 1 heterocycles. The van der Waals surface area contributed by atoms with Gasteiger partial charge in [-0.15, -0.1) is 0 Å². The van der Waals surface area contributed by atoms with Gasteiger partial charge in [-0.3, -0.25) is 0 Å². The molecule has 3 nitrogen and oxygen atoms in total. The van der Waals surface area contributed by atoms with Crippen LogP contribution < -0.4 is 0 Å². The summed E-state index contributed by atoms with van der Waals surface area (Å²) in [5, 5.41) is 8.49. The Morgan fingerprint density at radius 1 is 1.67 bits per heavy atom. The highest BCUT2D eigenvalue weighted by Crippen LogP contribution is 2.16. The van der Waals surface area contributed by atoms with Crippen molar-refractivity contribution >= 4 is 0 Å². The van der Waals surface area contributed by atoms with Crippen molar-refractivity contribution in [2.75, 3.05) is 0 Å². The molecule has 0 saturated heterocycles. The van der Waals surface area contributed by atoms with Gasteiger partial charge in [0.25, 0.3) is 0 Å². The fourth-order valence-corrected chi connectivity index (χ4v) is 1.26. The molecule has 0 aliphatic heterocycles. The van der Waals surface area contributed by atoms with Crippen LogP contribution in [-0.2, 0) is 6.54 Å². The highest BCUT2D eigenvalue weighted by atomic mass is 15.0. The number of hydrogen-bond acceptors (Lipinski definition) is 2. The Labute approximate surface area is 72.7 Å². The molecule has 0 aromatic carbocycles. The zero-order chi connectivity index (χ0) is 9.14. The first kappa shape index (κ1) is 8.79. The maximum atomic E-state index is 8.49. The number of hydrogen-bond donors (Lipinski definition) is 0. The van der Waals surface area contributed by atoms with E-state index in [1.165, 1.54) is 0 Å². The zero-order valence-electron chi connectivity index (χ0n) is 7.70. The van der Waals surface area contributed by atoms with Gasteiger partial charge in [-0.05, 0) is 12.8 Å². The van der Waals surface area contributed by atoms with E-state index >= 15 is 0 Å². The van der Waals surface area contributed by atoms with Gasteiger partial charge in [-0.25, -0.2) is 4.98 Å². The molecule has 0 atom stereocenters. The smallest absolute Gasteiger partial charge is 0.111 e. The Bertz CT molecular complexity index is 304. The number of aromatic nitrogens is 2. The van der Waals surface area contributed by atoms with Gasteiger partial charge in [0.15, 0.2) is 0 Å². The molecule has 0 unspecified atom stereocenters. The van der Waals surface area contributed by atoms with Crippen LogP contribution in [0.1, 0.15) is 31.2 Å². The number of nitriles is 1. The van der Waals surface area contributed by atoms with Gasteiger partial charge in [-0.1, -0.05) is 13.8 Å². The summed E-state index contributed by atoms with van der Waals surface area (Å²) >= 11 is 0. The van der Waals surface area contributed by atoms with Crippen molar-refractivity contribution in [2.24, 2.45) is 0 Å². The maximum absolute atomic E-state index is 8.49. The van der Waals surface area contributed by atoms with Gasteiger partial charge in [0, 0.05) is 5.69 Å². The molecule has 0 bridgehead atoms. The van der Waals surface area contributed by atoms with Crippen molar-refractivity contribution < 1.29 is 0 Å². The first-order chi connectivity index (χ1) is 5.66. The largest absolute Gasteiger partial charge is 0.321 e. The first-order valence-corrected chi connectivity index (χ1v) is 4.05. The predicted molar refractivity (Wildman–Crippen MR) is 46.7 cm³/mol. The van der Waals surface area contributed by atoms with E-state index in [1.54, 1.807) is 6.33 Å². The Kier molecular flexibility index (Phi) is 2.49. The summed E-state index contributed by atoms with van der Waals surface area (Å²) in [6.07, 6.45) is 1.73. The highest BCUT2D eigenvalue weighted by Gasteiger charge is 2.08. The molecule has 1 aromatic heterocycles. The second-order valence-electron chi connectivity index (χ2n) is 3.16. The molecule has 1 rings (SSSR count). The minimum absolute atomic E-state index is 0.394. The molecule has 0 N–H and O–H groups in total. The third-order valence-corrected chi connectivity index (χ3v) is 1.93. The minimum Gasteiger partial charge on any atom is -0.321 e. The van der Waals surface area contributed by atoms with Crippen LogP contribution in [-0.4, -0.2) is 9.55 Å². The Morgan fingerprint density at radius 3 is 2.75 bits per heavy atom. The summed E-state index contributed by atoms with van der Waals surface area (Å²) in [6, 6.07) is 2.10. The molecule has 0 fully saturated rings. The number of imidazole rings is 1. The van der Waals surface area contributed by atoms with Crippen LogP contribution >= 0.6 is 0 Å². The molecule has 12 heavy (non-hydrogen) atoms. The Balaban J connectivity index is 2.98. The zero-order valence-corrected chi connectivity index (χ0v) is 7.70. The molecule has 0 radical (unpaired) electrons. The average Bonchev–Trinajstić information content (AvgIpc) is 2.34. The van der Waals surface area contributed by atoms with Crippen LogP contribution in [0, 0.1) is 18.3 Å². The average molecular weight is 163 g/mol. The van der Waals surface area contributed by atoms with Gasteiger partial charge in [0.2, 0.25) is 0 Å². The molecule has 0 aliphatic carbocycles. The van der Waals surface area contributed by atoms with Gasteiger partial charge >= 0.3 is 0 Å². The second kappa shape index (κ2) is 3.40. The summed E-state index contributed by atoms with van der Waals surface area (Å²) in [6.45, 7) is 6.60. The van der Waals surface area contributed by atoms with Crippen LogP contribution in [0.15, 0.2) is 6.33 Å². The van der Waals surface area contributed by atoms with Crippen molar-refractivity contribution in [3.63, 3.8) is 0 Å².